The van der Waals surface area contributed by atoms with E-state index in [1.165, 1.54) is 30.5 Å². The fraction of sp³-hybridized carbons (Fsp3) is 0.400. The van der Waals surface area contributed by atoms with Gasteiger partial charge in [0.05, 0.1) is 0 Å². The Morgan fingerprint density at radius 1 is 1.26 bits per heavy atom. The van der Waals surface area contributed by atoms with Crippen LogP contribution in [-0.2, 0) is 6.42 Å². The fourth-order valence-electron chi connectivity index (χ4n) is 2.65. The Bertz CT molecular complexity index is 553. The number of nitrogens with one attached hydrogen (secondary N) is 1. The van der Waals surface area contributed by atoms with Crippen molar-refractivity contribution < 1.29 is 0 Å². The molecule has 1 unspecified atom stereocenters. The first-order valence-corrected chi connectivity index (χ1v) is 6.82. The zero-order valence-corrected chi connectivity index (χ0v) is 11.1. The summed E-state index contributed by atoms with van der Waals surface area (Å²) >= 11 is 0. The molecule has 4 heteroatoms. The van der Waals surface area contributed by atoms with Crippen molar-refractivity contribution in [2.75, 3.05) is 7.05 Å². The van der Waals surface area contributed by atoms with Crippen LogP contribution in [0.3, 0.4) is 0 Å². The summed E-state index contributed by atoms with van der Waals surface area (Å²) in [7, 11) is 2.01. The number of hydrogen-bond donors (Lipinski definition) is 1. The van der Waals surface area contributed by atoms with Crippen molar-refractivity contribution >= 4 is 0 Å². The first kappa shape index (κ1) is 12.2. The van der Waals surface area contributed by atoms with Crippen molar-refractivity contribution in [2.24, 2.45) is 0 Å². The lowest BCUT2D eigenvalue weighted by Crippen LogP contribution is -2.17. The van der Waals surface area contributed by atoms with Gasteiger partial charge >= 0.3 is 0 Å². The molecule has 3 rings (SSSR count). The Labute approximate surface area is 113 Å². The molecule has 0 saturated heterocycles. The smallest absolute Gasteiger partial charge is 0.160 e. The summed E-state index contributed by atoms with van der Waals surface area (Å²) in [4.78, 5) is 13.4. The lowest BCUT2D eigenvalue weighted by molar-refractivity contribution is 0.532. The van der Waals surface area contributed by atoms with Crippen LogP contribution in [0.1, 0.15) is 36.6 Å². The summed E-state index contributed by atoms with van der Waals surface area (Å²) in [6.07, 6.45) is 10.2. The maximum absolute atomic E-state index is 4.75. The number of rotatable bonds is 2. The van der Waals surface area contributed by atoms with E-state index < -0.39 is 0 Å². The lowest BCUT2D eigenvalue weighted by atomic mass is 10.1. The molecule has 0 aliphatic heterocycles. The van der Waals surface area contributed by atoms with Gasteiger partial charge in [-0.2, -0.15) is 0 Å². The van der Waals surface area contributed by atoms with Crippen LogP contribution in [0.15, 0.2) is 30.7 Å². The van der Waals surface area contributed by atoms with Gasteiger partial charge in [0.25, 0.3) is 0 Å². The molecule has 0 bridgehead atoms. The third-order valence-corrected chi connectivity index (χ3v) is 3.70. The normalized spacial score (nSPS) is 18.7. The quantitative estimate of drug-likeness (QED) is 0.837. The predicted molar refractivity (Wildman–Crippen MR) is 74.6 cm³/mol. The van der Waals surface area contributed by atoms with Gasteiger partial charge < -0.3 is 5.32 Å². The SMILES string of the molecule is CNC1CCCCc2nc(-c3cccnc3)ncc21. The van der Waals surface area contributed by atoms with Crippen LogP contribution in [0, 0.1) is 0 Å². The standard InChI is InChI=1S/C15H18N4/c1-16-13-6-2-3-7-14-12(13)10-18-15(19-14)11-5-4-8-17-9-11/h4-5,8-10,13,16H,2-3,6-7H2,1H3. The van der Waals surface area contributed by atoms with E-state index in [9.17, 15) is 0 Å². The van der Waals surface area contributed by atoms with Crippen LogP contribution in [0.4, 0.5) is 0 Å². The van der Waals surface area contributed by atoms with Gasteiger partial charge in [0.15, 0.2) is 5.82 Å². The largest absolute Gasteiger partial charge is 0.313 e. The summed E-state index contributed by atoms with van der Waals surface area (Å²) < 4.78 is 0. The molecule has 0 spiro atoms. The van der Waals surface area contributed by atoms with Gasteiger partial charge in [0, 0.05) is 41.5 Å². The van der Waals surface area contributed by atoms with Crippen LogP contribution >= 0.6 is 0 Å². The van der Waals surface area contributed by atoms with Crippen LogP contribution in [-0.4, -0.2) is 22.0 Å². The molecule has 0 saturated carbocycles. The summed E-state index contributed by atoms with van der Waals surface area (Å²) in [6, 6.07) is 4.31. The number of pyridine rings is 1. The van der Waals surface area contributed by atoms with E-state index in [2.05, 4.69) is 15.3 Å². The minimum Gasteiger partial charge on any atom is -0.313 e. The van der Waals surface area contributed by atoms with Crippen LogP contribution in [0.2, 0.25) is 0 Å². The first-order valence-electron chi connectivity index (χ1n) is 6.82. The summed E-state index contributed by atoms with van der Waals surface area (Å²) in [5, 5.41) is 3.37. The number of nitrogens with zero attached hydrogens (tertiary/aromatic N) is 3. The molecule has 0 aromatic carbocycles. The maximum atomic E-state index is 4.75. The molecule has 0 amide bonds. The molecule has 98 valence electrons. The first-order chi connectivity index (χ1) is 9.38. The van der Waals surface area contributed by atoms with Gasteiger partial charge in [-0.05, 0) is 38.4 Å². The number of aromatic nitrogens is 3. The maximum Gasteiger partial charge on any atom is 0.160 e. The molecule has 1 N–H and O–H groups in total. The highest BCUT2D eigenvalue weighted by Gasteiger charge is 2.19. The van der Waals surface area contributed by atoms with Crippen molar-refractivity contribution in [3.63, 3.8) is 0 Å². The monoisotopic (exact) mass is 254 g/mol. The second-order valence-corrected chi connectivity index (χ2v) is 4.92. The molecule has 1 atom stereocenters. The van der Waals surface area contributed by atoms with E-state index in [1.54, 1.807) is 6.20 Å². The van der Waals surface area contributed by atoms with Gasteiger partial charge in [-0.25, -0.2) is 9.97 Å². The minimum atomic E-state index is 0.389. The Kier molecular flexibility index (Phi) is 3.51. The van der Waals surface area contributed by atoms with Crippen LogP contribution < -0.4 is 5.32 Å². The topological polar surface area (TPSA) is 50.7 Å². The molecule has 1 aliphatic carbocycles. The lowest BCUT2D eigenvalue weighted by Gasteiger charge is -2.16. The molecule has 2 aromatic rings. The van der Waals surface area contributed by atoms with Gasteiger partial charge in [-0.3, -0.25) is 4.98 Å². The van der Waals surface area contributed by atoms with Crippen LogP contribution in [0.5, 0.6) is 0 Å². The zero-order chi connectivity index (χ0) is 13.1. The van der Waals surface area contributed by atoms with Crippen molar-refractivity contribution in [1.82, 2.24) is 20.3 Å². The van der Waals surface area contributed by atoms with Gasteiger partial charge in [0.2, 0.25) is 0 Å². The Hall–Kier alpha value is -1.81. The molecular weight excluding hydrogens is 236 g/mol. The van der Waals surface area contributed by atoms with Crippen LogP contribution in [0.25, 0.3) is 11.4 Å². The third kappa shape index (κ3) is 2.49. The number of fused-ring (bicyclic) bond motifs is 1. The Morgan fingerprint density at radius 2 is 2.21 bits per heavy atom. The Balaban J connectivity index is 2.01. The highest BCUT2D eigenvalue weighted by atomic mass is 14.9. The third-order valence-electron chi connectivity index (χ3n) is 3.70. The number of hydrogen-bond acceptors (Lipinski definition) is 4. The second kappa shape index (κ2) is 5.45. The summed E-state index contributed by atoms with van der Waals surface area (Å²) in [6.45, 7) is 0. The van der Waals surface area contributed by atoms with Crippen molar-refractivity contribution in [3.8, 4) is 11.4 Å². The highest BCUT2D eigenvalue weighted by molar-refractivity contribution is 5.53. The minimum absolute atomic E-state index is 0.389. The molecule has 0 radical (unpaired) electrons. The summed E-state index contributed by atoms with van der Waals surface area (Å²) in [5.74, 6) is 0.781. The van der Waals surface area contributed by atoms with E-state index in [0.29, 0.717) is 6.04 Å². The average molecular weight is 254 g/mol. The molecule has 0 fully saturated rings. The average Bonchev–Trinajstić information content (AvgIpc) is 2.69. The second-order valence-electron chi connectivity index (χ2n) is 4.92. The molecule has 19 heavy (non-hydrogen) atoms. The molecule has 4 nitrogen and oxygen atoms in total. The fourth-order valence-corrected chi connectivity index (χ4v) is 2.65. The van der Waals surface area contributed by atoms with Crippen molar-refractivity contribution in [2.45, 2.75) is 31.7 Å². The van der Waals surface area contributed by atoms with Gasteiger partial charge in [0.1, 0.15) is 0 Å². The summed E-state index contributed by atoms with van der Waals surface area (Å²) in [5.41, 5.74) is 3.42. The van der Waals surface area contributed by atoms with Crippen molar-refractivity contribution in [3.05, 3.63) is 42.0 Å². The number of aryl methyl sites for hydroxylation is 1. The molecular formula is C15H18N4. The molecule has 2 aromatic heterocycles. The van der Waals surface area contributed by atoms with Crippen molar-refractivity contribution in [1.29, 1.82) is 0 Å². The van der Waals surface area contributed by atoms with Gasteiger partial charge in [-0.1, -0.05) is 6.42 Å². The van der Waals surface area contributed by atoms with E-state index in [-0.39, 0.29) is 0 Å². The molecule has 2 heterocycles. The predicted octanol–water partition coefficient (Wildman–Crippen LogP) is 2.53. The van der Waals surface area contributed by atoms with E-state index in [4.69, 9.17) is 4.98 Å². The van der Waals surface area contributed by atoms with E-state index in [0.717, 1.165) is 17.8 Å². The van der Waals surface area contributed by atoms with Gasteiger partial charge in [-0.15, -0.1) is 0 Å². The molecule has 1 aliphatic rings. The van der Waals surface area contributed by atoms with E-state index >= 15 is 0 Å². The zero-order valence-electron chi connectivity index (χ0n) is 11.1. The Morgan fingerprint density at radius 3 is 3.00 bits per heavy atom. The van der Waals surface area contributed by atoms with E-state index in [1.807, 2.05) is 31.6 Å². The highest BCUT2D eigenvalue weighted by Crippen LogP contribution is 2.28.